The number of H-pyrrole nitrogens is 1. The van der Waals surface area contributed by atoms with Gasteiger partial charge in [-0.3, -0.25) is 29.7 Å². The fourth-order valence-electron chi connectivity index (χ4n) is 4.51. The van der Waals surface area contributed by atoms with Crippen molar-refractivity contribution in [3.8, 4) is 33.4 Å². The summed E-state index contributed by atoms with van der Waals surface area (Å²) in [7, 11) is 1.92. The monoisotopic (exact) mass is 633 g/mol. The minimum absolute atomic E-state index is 0.0200. The van der Waals surface area contributed by atoms with E-state index in [2.05, 4.69) is 35.2 Å². The van der Waals surface area contributed by atoms with Gasteiger partial charge < -0.3 is 22.3 Å². The molecule has 6 rings (SSSR count). The Morgan fingerprint density at radius 3 is 1.47 bits per heavy atom. The molecule has 8 N–H and O–H groups in total. The van der Waals surface area contributed by atoms with Gasteiger partial charge in [0.15, 0.2) is 0 Å². The van der Waals surface area contributed by atoms with Crippen molar-refractivity contribution in [1.82, 2.24) is 39.9 Å². The smallest absolute Gasteiger partial charge is 0.0852 e. The largest absolute Gasteiger partial charge is 0.390 e. The van der Waals surface area contributed by atoms with Crippen LogP contribution in [0.4, 0.5) is 0 Å². The summed E-state index contributed by atoms with van der Waals surface area (Å²) in [6, 6.07) is 15.4. The first-order chi connectivity index (χ1) is 22.5. The number of aromatic amines is 1. The average Bonchev–Trinajstić information content (AvgIpc) is 3.75. The Kier molecular flexibility index (Phi) is 12.1. The van der Waals surface area contributed by atoms with Crippen LogP contribution in [-0.2, 0) is 13.7 Å². The first-order valence-electron chi connectivity index (χ1n) is 15.3. The van der Waals surface area contributed by atoms with Crippen LogP contribution in [0.1, 0.15) is 67.4 Å². The molecule has 0 aliphatic rings. The SMILES string of the molecule is C[C@@H](N)c1ccc(-c2ccc(CO)nc2)cn1.C[C@@H](N)c1ccc(-c2cn[nH]c2)cn1.Cc1nn(C)cc1-c1ccc([C@@H](C)N)nc1. The molecule has 0 aromatic carbocycles. The lowest BCUT2D eigenvalue weighted by molar-refractivity contribution is 0.277. The van der Waals surface area contributed by atoms with Crippen LogP contribution in [0.3, 0.4) is 0 Å². The predicted molar refractivity (Wildman–Crippen MR) is 184 cm³/mol. The van der Waals surface area contributed by atoms with Gasteiger partial charge >= 0.3 is 0 Å². The molecule has 0 fully saturated rings. The summed E-state index contributed by atoms with van der Waals surface area (Å²) in [6.07, 6.45) is 12.8. The molecule has 6 heterocycles. The molecular weight excluding hydrogens is 590 g/mol. The summed E-state index contributed by atoms with van der Waals surface area (Å²) < 4.78 is 1.81. The van der Waals surface area contributed by atoms with Crippen LogP contribution in [0.2, 0.25) is 0 Å². The van der Waals surface area contributed by atoms with Crippen LogP contribution < -0.4 is 17.2 Å². The van der Waals surface area contributed by atoms with Crippen molar-refractivity contribution in [2.24, 2.45) is 24.2 Å². The number of nitrogens with two attached hydrogens (primary N) is 3. The van der Waals surface area contributed by atoms with Crippen LogP contribution in [-0.4, -0.2) is 45.0 Å². The second-order valence-electron chi connectivity index (χ2n) is 11.3. The zero-order valence-corrected chi connectivity index (χ0v) is 27.4. The van der Waals surface area contributed by atoms with E-state index in [-0.39, 0.29) is 24.7 Å². The third-order valence-electron chi connectivity index (χ3n) is 7.23. The molecule has 0 aliphatic heterocycles. The summed E-state index contributed by atoms with van der Waals surface area (Å²) in [4.78, 5) is 17.0. The van der Waals surface area contributed by atoms with Crippen molar-refractivity contribution in [2.45, 2.75) is 52.4 Å². The van der Waals surface area contributed by atoms with E-state index in [1.807, 2.05) is 107 Å². The summed E-state index contributed by atoms with van der Waals surface area (Å²) in [5, 5.41) is 19.9. The fourth-order valence-corrected chi connectivity index (χ4v) is 4.51. The molecule has 12 nitrogen and oxygen atoms in total. The maximum atomic E-state index is 8.91. The number of aliphatic hydroxyl groups is 1. The van der Waals surface area contributed by atoms with Gasteiger partial charge in [-0.2, -0.15) is 10.2 Å². The van der Waals surface area contributed by atoms with Gasteiger partial charge in [0.25, 0.3) is 0 Å². The lowest BCUT2D eigenvalue weighted by Crippen LogP contribution is -2.06. The van der Waals surface area contributed by atoms with E-state index in [4.69, 9.17) is 22.3 Å². The highest BCUT2D eigenvalue weighted by Crippen LogP contribution is 2.22. The maximum Gasteiger partial charge on any atom is 0.0852 e. The third-order valence-corrected chi connectivity index (χ3v) is 7.23. The number of nitrogens with zero attached hydrogens (tertiary/aromatic N) is 7. The van der Waals surface area contributed by atoms with E-state index in [0.717, 1.165) is 56.2 Å². The van der Waals surface area contributed by atoms with E-state index in [1.165, 1.54) is 0 Å². The van der Waals surface area contributed by atoms with Crippen LogP contribution in [0.25, 0.3) is 33.4 Å². The Balaban J connectivity index is 0.000000160. The highest BCUT2D eigenvalue weighted by molar-refractivity contribution is 5.64. The third kappa shape index (κ3) is 9.67. The predicted octanol–water partition coefficient (Wildman–Crippen LogP) is 4.96. The molecule has 0 amide bonds. The van der Waals surface area contributed by atoms with Gasteiger partial charge in [0.1, 0.15) is 0 Å². The van der Waals surface area contributed by atoms with E-state index in [1.54, 1.807) is 24.7 Å². The first kappa shape index (κ1) is 34.7. The number of aliphatic hydroxyl groups excluding tert-OH is 1. The normalized spacial score (nSPS) is 12.6. The van der Waals surface area contributed by atoms with Gasteiger partial charge in [-0.1, -0.05) is 24.3 Å². The average molecular weight is 634 g/mol. The molecule has 244 valence electrons. The summed E-state index contributed by atoms with van der Waals surface area (Å²) >= 11 is 0. The Bertz CT molecular complexity index is 1780. The zero-order valence-electron chi connectivity index (χ0n) is 27.4. The van der Waals surface area contributed by atoms with Crippen molar-refractivity contribution < 1.29 is 5.11 Å². The Labute approximate surface area is 275 Å². The number of aryl methyl sites for hydroxylation is 2. The standard InChI is InChI=1S/C13H15N3O.C12H16N4.C10H12N4/c1-9(14)13-5-3-11(7-16-13)10-2-4-12(8-17)15-6-10;1-8(13)12-5-4-10(6-14-12)11-7-16(3)15-9(11)2;1-7(11)10-3-2-8(4-12-10)9-5-13-14-6-9/h2-7,9,17H,8,14H2,1H3;4-8H,13H2,1-3H3;2-7H,11H2,1H3,(H,13,14)/t9-;8-;7-/m111/s1. The molecule has 0 aliphatic carbocycles. The highest BCUT2D eigenvalue weighted by Gasteiger charge is 2.08. The molecule has 47 heavy (non-hydrogen) atoms. The van der Waals surface area contributed by atoms with E-state index >= 15 is 0 Å². The number of rotatable bonds is 7. The molecule has 0 saturated carbocycles. The van der Waals surface area contributed by atoms with Crippen LogP contribution in [0.5, 0.6) is 0 Å². The fraction of sp³-hybridized carbons (Fsp3) is 0.257. The topological polar surface area (TPSA) is 196 Å². The van der Waals surface area contributed by atoms with Gasteiger partial charge in [0, 0.05) is 95.7 Å². The van der Waals surface area contributed by atoms with Crippen molar-refractivity contribution in [3.05, 3.63) is 120 Å². The molecule has 6 aromatic heterocycles. The molecule has 0 unspecified atom stereocenters. The van der Waals surface area contributed by atoms with Gasteiger partial charge in [-0.05, 0) is 52.0 Å². The number of pyridine rings is 4. The molecule has 0 radical (unpaired) electrons. The molecule has 6 aromatic rings. The molecule has 3 atom stereocenters. The quantitative estimate of drug-likeness (QED) is 0.160. The van der Waals surface area contributed by atoms with E-state index < -0.39 is 0 Å². The molecule has 0 spiro atoms. The Morgan fingerprint density at radius 2 is 1.13 bits per heavy atom. The van der Waals surface area contributed by atoms with Crippen LogP contribution in [0, 0.1) is 6.92 Å². The number of hydrogen-bond acceptors (Lipinski definition) is 10. The summed E-state index contributed by atoms with van der Waals surface area (Å²) in [5.74, 6) is 0. The van der Waals surface area contributed by atoms with Crippen molar-refractivity contribution in [2.75, 3.05) is 0 Å². The summed E-state index contributed by atoms with van der Waals surface area (Å²) in [6.45, 7) is 7.70. The van der Waals surface area contributed by atoms with E-state index in [9.17, 15) is 0 Å². The van der Waals surface area contributed by atoms with Gasteiger partial charge in [0.05, 0.1) is 41.3 Å². The second-order valence-corrected chi connectivity index (χ2v) is 11.3. The van der Waals surface area contributed by atoms with Crippen molar-refractivity contribution in [1.29, 1.82) is 0 Å². The molecule has 0 saturated heterocycles. The lowest BCUT2D eigenvalue weighted by atomic mass is 10.1. The summed E-state index contributed by atoms with van der Waals surface area (Å²) in [5.41, 5.74) is 27.8. The molecule has 0 bridgehead atoms. The van der Waals surface area contributed by atoms with Gasteiger partial charge in [-0.15, -0.1) is 0 Å². The Hall–Kier alpha value is -5.14. The zero-order chi connectivity index (χ0) is 33.9. The maximum absolute atomic E-state index is 8.91. The lowest BCUT2D eigenvalue weighted by Gasteiger charge is -2.06. The number of nitrogens with one attached hydrogen (secondary N) is 1. The Morgan fingerprint density at radius 1 is 0.660 bits per heavy atom. The number of hydrogen-bond donors (Lipinski definition) is 5. The van der Waals surface area contributed by atoms with Crippen molar-refractivity contribution >= 4 is 0 Å². The van der Waals surface area contributed by atoms with Gasteiger partial charge in [0.2, 0.25) is 0 Å². The van der Waals surface area contributed by atoms with Crippen molar-refractivity contribution in [3.63, 3.8) is 0 Å². The van der Waals surface area contributed by atoms with E-state index in [0.29, 0.717) is 5.69 Å². The number of aromatic nitrogens is 8. The molecule has 12 heteroatoms. The van der Waals surface area contributed by atoms with Crippen LogP contribution in [0.15, 0.2) is 91.9 Å². The van der Waals surface area contributed by atoms with Gasteiger partial charge in [-0.25, -0.2) is 0 Å². The second kappa shape index (κ2) is 16.4. The minimum Gasteiger partial charge on any atom is -0.390 e. The minimum atomic E-state index is -0.0565. The van der Waals surface area contributed by atoms with Crippen LogP contribution >= 0.6 is 0 Å². The first-order valence-corrected chi connectivity index (χ1v) is 15.3. The molecular formula is C35H43N11O. The highest BCUT2D eigenvalue weighted by atomic mass is 16.3.